The Morgan fingerprint density at radius 2 is 1.88 bits per heavy atom. The van der Waals surface area contributed by atoms with E-state index in [2.05, 4.69) is 16.0 Å². The first kappa shape index (κ1) is 24.0. The van der Waals surface area contributed by atoms with E-state index in [-0.39, 0.29) is 31.2 Å². The van der Waals surface area contributed by atoms with Gasteiger partial charge < -0.3 is 20.5 Å². The molecule has 0 bridgehead atoms. The van der Waals surface area contributed by atoms with Gasteiger partial charge in [0.25, 0.3) is 0 Å². The summed E-state index contributed by atoms with van der Waals surface area (Å²) in [5.41, 5.74) is 8.57. The lowest BCUT2D eigenvalue weighted by molar-refractivity contribution is -0.148. The SMILES string of the molecule is NN/N=C(\N)CCC1CCC2CNC(C(=O)OCCCOC(=O)c3ccccc3)CC2C1. The predicted octanol–water partition coefficient (Wildman–Crippen LogP) is 1.69. The van der Waals surface area contributed by atoms with Crippen LogP contribution in [0.3, 0.4) is 0 Å². The number of amidine groups is 1. The second kappa shape index (κ2) is 12.4. The number of nitrogens with two attached hydrogens (primary N) is 2. The molecule has 3 rings (SSSR count). The monoisotopic (exact) mass is 445 g/mol. The van der Waals surface area contributed by atoms with E-state index < -0.39 is 0 Å². The maximum atomic E-state index is 12.5. The third kappa shape index (κ3) is 7.20. The minimum Gasteiger partial charge on any atom is -0.464 e. The summed E-state index contributed by atoms with van der Waals surface area (Å²) in [7, 11) is 0. The average Bonchev–Trinajstić information content (AvgIpc) is 2.82. The van der Waals surface area contributed by atoms with Gasteiger partial charge in [0.2, 0.25) is 0 Å². The van der Waals surface area contributed by atoms with E-state index in [0.717, 1.165) is 32.2 Å². The van der Waals surface area contributed by atoms with Gasteiger partial charge in [-0.1, -0.05) is 24.6 Å². The Morgan fingerprint density at radius 1 is 1.09 bits per heavy atom. The second-order valence-corrected chi connectivity index (χ2v) is 8.69. The Bertz CT molecular complexity index is 773. The number of nitrogens with one attached hydrogen (secondary N) is 2. The number of hydrogen-bond donors (Lipinski definition) is 4. The first-order valence-corrected chi connectivity index (χ1v) is 11.5. The average molecular weight is 446 g/mol. The number of fused-ring (bicyclic) bond motifs is 1. The third-order valence-electron chi connectivity index (χ3n) is 6.49. The van der Waals surface area contributed by atoms with Crippen LogP contribution in [-0.4, -0.2) is 43.6 Å². The van der Waals surface area contributed by atoms with E-state index in [1.54, 1.807) is 24.3 Å². The van der Waals surface area contributed by atoms with Gasteiger partial charge in [0, 0.05) is 12.8 Å². The Balaban J connectivity index is 1.34. The Labute approximate surface area is 189 Å². The highest BCUT2D eigenvalue weighted by atomic mass is 16.5. The lowest BCUT2D eigenvalue weighted by atomic mass is 9.69. The molecule has 0 aromatic heterocycles. The van der Waals surface area contributed by atoms with Crippen molar-refractivity contribution in [2.75, 3.05) is 19.8 Å². The molecule has 4 atom stereocenters. The zero-order chi connectivity index (χ0) is 22.8. The van der Waals surface area contributed by atoms with Crippen LogP contribution in [0.1, 0.15) is 55.3 Å². The summed E-state index contributed by atoms with van der Waals surface area (Å²) in [5, 5.41) is 7.18. The molecular weight excluding hydrogens is 410 g/mol. The first-order valence-electron chi connectivity index (χ1n) is 11.5. The van der Waals surface area contributed by atoms with Crippen molar-refractivity contribution in [3.63, 3.8) is 0 Å². The summed E-state index contributed by atoms with van der Waals surface area (Å²) in [6.07, 6.45) is 6.46. The fourth-order valence-corrected chi connectivity index (χ4v) is 4.75. The highest BCUT2D eigenvalue weighted by molar-refractivity contribution is 5.89. The number of hydrazine groups is 1. The smallest absolute Gasteiger partial charge is 0.338 e. The van der Waals surface area contributed by atoms with Gasteiger partial charge in [-0.3, -0.25) is 4.79 Å². The van der Waals surface area contributed by atoms with Crippen LogP contribution in [0.4, 0.5) is 0 Å². The van der Waals surface area contributed by atoms with E-state index in [9.17, 15) is 9.59 Å². The van der Waals surface area contributed by atoms with Gasteiger partial charge in [0.05, 0.1) is 18.8 Å². The number of piperidine rings is 1. The summed E-state index contributed by atoms with van der Waals surface area (Å²) in [6.45, 7) is 1.31. The van der Waals surface area contributed by atoms with Crippen LogP contribution < -0.4 is 22.4 Å². The van der Waals surface area contributed by atoms with Crippen molar-refractivity contribution in [2.24, 2.45) is 34.4 Å². The van der Waals surface area contributed by atoms with Gasteiger partial charge in [-0.15, -0.1) is 0 Å². The van der Waals surface area contributed by atoms with Crippen molar-refractivity contribution in [3.8, 4) is 0 Å². The van der Waals surface area contributed by atoms with E-state index in [4.69, 9.17) is 21.1 Å². The zero-order valence-electron chi connectivity index (χ0n) is 18.5. The van der Waals surface area contributed by atoms with E-state index in [1.165, 1.54) is 12.8 Å². The van der Waals surface area contributed by atoms with Crippen LogP contribution in [0.2, 0.25) is 0 Å². The topological polar surface area (TPSA) is 141 Å². The van der Waals surface area contributed by atoms with E-state index in [1.807, 2.05) is 6.07 Å². The summed E-state index contributed by atoms with van der Waals surface area (Å²) >= 11 is 0. The third-order valence-corrected chi connectivity index (χ3v) is 6.49. The predicted molar refractivity (Wildman–Crippen MR) is 121 cm³/mol. The molecule has 176 valence electrons. The molecule has 1 aliphatic heterocycles. The number of hydrazone groups is 1. The molecule has 9 nitrogen and oxygen atoms in total. The van der Waals surface area contributed by atoms with Crippen molar-refractivity contribution in [1.29, 1.82) is 0 Å². The fourth-order valence-electron chi connectivity index (χ4n) is 4.75. The molecule has 0 amide bonds. The molecule has 9 heteroatoms. The van der Waals surface area contributed by atoms with Crippen molar-refractivity contribution >= 4 is 17.8 Å². The Morgan fingerprint density at radius 3 is 2.66 bits per heavy atom. The van der Waals surface area contributed by atoms with Gasteiger partial charge in [-0.25, -0.2) is 16.2 Å². The summed E-state index contributed by atoms with van der Waals surface area (Å²) < 4.78 is 10.7. The molecule has 0 spiro atoms. The van der Waals surface area contributed by atoms with Gasteiger partial charge in [0.1, 0.15) is 11.9 Å². The molecule has 1 saturated heterocycles. The fraction of sp³-hybridized carbons (Fsp3) is 0.609. The number of benzene rings is 1. The number of esters is 2. The minimum absolute atomic E-state index is 0.217. The summed E-state index contributed by atoms with van der Waals surface area (Å²) in [5.74, 6) is 6.84. The highest BCUT2D eigenvalue weighted by Crippen LogP contribution is 2.40. The maximum absolute atomic E-state index is 12.5. The molecule has 4 unspecified atom stereocenters. The van der Waals surface area contributed by atoms with Crippen LogP contribution in [0.5, 0.6) is 0 Å². The van der Waals surface area contributed by atoms with Crippen LogP contribution in [-0.2, 0) is 14.3 Å². The van der Waals surface area contributed by atoms with E-state index in [0.29, 0.717) is 35.6 Å². The zero-order valence-corrected chi connectivity index (χ0v) is 18.5. The minimum atomic E-state index is -0.365. The largest absolute Gasteiger partial charge is 0.464 e. The number of hydrogen-bond acceptors (Lipinski definition) is 8. The van der Waals surface area contributed by atoms with Crippen LogP contribution in [0, 0.1) is 17.8 Å². The normalized spacial score (nSPS) is 25.5. The van der Waals surface area contributed by atoms with Crippen molar-refractivity contribution < 1.29 is 19.1 Å². The highest BCUT2D eigenvalue weighted by Gasteiger charge is 2.38. The number of rotatable bonds is 10. The number of ether oxygens (including phenoxy) is 2. The van der Waals surface area contributed by atoms with Crippen molar-refractivity contribution in [1.82, 2.24) is 10.9 Å². The first-order chi connectivity index (χ1) is 15.6. The molecule has 1 aliphatic carbocycles. The standard InChI is InChI=1S/C23H35N5O4/c24-21(27-28-25)10-8-16-7-9-18-15-26-20(14-19(18)13-16)23(30)32-12-4-11-31-22(29)17-5-2-1-3-6-17/h1-3,5-6,16,18-20,26,28H,4,7-15,25H2,(H2,24,27). The molecule has 32 heavy (non-hydrogen) atoms. The second-order valence-electron chi connectivity index (χ2n) is 8.69. The van der Waals surface area contributed by atoms with Crippen LogP contribution >= 0.6 is 0 Å². The van der Waals surface area contributed by atoms with Crippen LogP contribution in [0.15, 0.2) is 35.4 Å². The van der Waals surface area contributed by atoms with Gasteiger partial charge in [-0.05, 0) is 62.1 Å². The molecule has 6 N–H and O–H groups in total. The number of carbonyl (C=O) groups is 2. The molecular formula is C23H35N5O4. The molecule has 2 aliphatic rings. The molecule has 1 aromatic carbocycles. The van der Waals surface area contributed by atoms with E-state index >= 15 is 0 Å². The molecule has 1 aromatic rings. The molecule has 1 saturated carbocycles. The summed E-state index contributed by atoms with van der Waals surface area (Å²) in [4.78, 5) is 24.4. The van der Waals surface area contributed by atoms with Crippen molar-refractivity contribution in [3.05, 3.63) is 35.9 Å². The quantitative estimate of drug-likeness (QED) is 0.106. The number of nitrogens with zero attached hydrogens (tertiary/aromatic N) is 1. The molecule has 2 fully saturated rings. The Kier molecular flexibility index (Phi) is 9.30. The lowest BCUT2D eigenvalue weighted by Crippen LogP contribution is -2.50. The number of carbonyl (C=O) groups excluding carboxylic acids is 2. The lowest BCUT2D eigenvalue weighted by Gasteiger charge is -2.42. The summed E-state index contributed by atoms with van der Waals surface area (Å²) in [6, 6.07) is 8.57. The van der Waals surface area contributed by atoms with Gasteiger partial charge >= 0.3 is 11.9 Å². The van der Waals surface area contributed by atoms with Gasteiger partial charge in [-0.2, -0.15) is 5.10 Å². The Hall–Kier alpha value is -2.65. The maximum Gasteiger partial charge on any atom is 0.338 e. The van der Waals surface area contributed by atoms with Crippen molar-refractivity contribution in [2.45, 2.75) is 51.0 Å². The molecule has 1 heterocycles. The van der Waals surface area contributed by atoms with Crippen LogP contribution in [0.25, 0.3) is 0 Å². The molecule has 0 radical (unpaired) electrons. The van der Waals surface area contributed by atoms with Gasteiger partial charge in [0.15, 0.2) is 0 Å².